The summed E-state index contributed by atoms with van der Waals surface area (Å²) in [5.74, 6) is 2.52. The van der Waals surface area contributed by atoms with E-state index in [1.807, 2.05) is 18.4 Å². The van der Waals surface area contributed by atoms with Crippen molar-refractivity contribution in [2.45, 2.75) is 37.4 Å². The van der Waals surface area contributed by atoms with Gasteiger partial charge in [0.1, 0.15) is 12.4 Å². The summed E-state index contributed by atoms with van der Waals surface area (Å²) in [6.45, 7) is 4.93. The molecule has 4 rings (SSSR count). The fraction of sp³-hybridized carbons (Fsp3) is 0.286. The van der Waals surface area contributed by atoms with Crippen molar-refractivity contribution in [3.8, 4) is 17.2 Å². The van der Waals surface area contributed by atoms with Crippen LogP contribution in [0.5, 0.6) is 17.2 Å². The third kappa shape index (κ3) is 5.05. The molecule has 1 aromatic heterocycles. The van der Waals surface area contributed by atoms with Crippen LogP contribution in [-0.2, 0) is 17.9 Å². The number of fused-ring (bicyclic) bond motifs is 1. The summed E-state index contributed by atoms with van der Waals surface area (Å²) in [4.78, 5) is 12.7. The van der Waals surface area contributed by atoms with E-state index in [0.717, 1.165) is 0 Å². The van der Waals surface area contributed by atoms with Gasteiger partial charge in [-0.2, -0.15) is 0 Å². The van der Waals surface area contributed by atoms with E-state index in [1.54, 1.807) is 42.5 Å². The highest BCUT2D eigenvalue weighted by molar-refractivity contribution is 8.00. The summed E-state index contributed by atoms with van der Waals surface area (Å²) in [5, 5.41) is 12.3. The zero-order valence-electron chi connectivity index (χ0n) is 17.0. The quantitative estimate of drug-likeness (QED) is 0.499. The Morgan fingerprint density at radius 2 is 2.00 bits per heavy atom. The zero-order valence-corrected chi connectivity index (χ0v) is 18.6. The molecule has 1 aliphatic heterocycles. The van der Waals surface area contributed by atoms with Crippen LogP contribution in [0, 0.1) is 0 Å². The van der Waals surface area contributed by atoms with E-state index >= 15 is 0 Å². The van der Waals surface area contributed by atoms with Crippen molar-refractivity contribution >= 4 is 35.0 Å². The Morgan fingerprint density at radius 3 is 2.77 bits per heavy atom. The Bertz CT molecular complexity index is 1070. The van der Waals surface area contributed by atoms with Crippen LogP contribution >= 0.6 is 23.4 Å². The lowest BCUT2D eigenvalue weighted by molar-refractivity contribution is -0.115. The highest BCUT2D eigenvalue weighted by Gasteiger charge is 2.21. The molecule has 0 bridgehead atoms. The van der Waals surface area contributed by atoms with E-state index in [9.17, 15) is 4.79 Å². The van der Waals surface area contributed by atoms with Gasteiger partial charge >= 0.3 is 0 Å². The molecule has 1 aliphatic rings. The summed E-state index contributed by atoms with van der Waals surface area (Å²) in [6, 6.07) is 12.4. The minimum absolute atomic E-state index is 0.145. The first-order chi connectivity index (χ1) is 15.0. The summed E-state index contributed by atoms with van der Waals surface area (Å²) >= 11 is 7.24. The number of aromatic nitrogens is 3. The smallest absolute Gasteiger partial charge is 0.237 e. The van der Waals surface area contributed by atoms with Crippen LogP contribution in [0.4, 0.5) is 5.69 Å². The molecule has 8 nitrogen and oxygen atoms in total. The average Bonchev–Trinajstić information content (AvgIpc) is 3.39. The van der Waals surface area contributed by atoms with Crippen molar-refractivity contribution in [3.63, 3.8) is 0 Å². The number of carbonyl (C=O) groups is 1. The number of thioether (sulfide) groups is 1. The highest BCUT2D eigenvalue weighted by atomic mass is 35.5. The Balaban J connectivity index is 1.37. The summed E-state index contributed by atoms with van der Waals surface area (Å²) in [7, 11) is 0. The van der Waals surface area contributed by atoms with Crippen LogP contribution in [0.25, 0.3) is 0 Å². The molecule has 162 valence electrons. The first kappa shape index (κ1) is 21.3. The fourth-order valence-electron chi connectivity index (χ4n) is 2.94. The van der Waals surface area contributed by atoms with Gasteiger partial charge in [0.15, 0.2) is 22.5 Å². The maximum absolute atomic E-state index is 12.7. The van der Waals surface area contributed by atoms with Crippen molar-refractivity contribution in [2.75, 3.05) is 12.1 Å². The van der Waals surface area contributed by atoms with Crippen LogP contribution in [0.3, 0.4) is 0 Å². The molecule has 2 aromatic carbocycles. The normalized spacial score (nSPS) is 13.1. The van der Waals surface area contributed by atoms with E-state index in [1.165, 1.54) is 11.8 Å². The van der Waals surface area contributed by atoms with Gasteiger partial charge in [-0.05, 0) is 50.2 Å². The number of hydrogen-bond acceptors (Lipinski definition) is 7. The van der Waals surface area contributed by atoms with Gasteiger partial charge in [0.25, 0.3) is 0 Å². The van der Waals surface area contributed by atoms with E-state index in [0.29, 0.717) is 45.5 Å². The monoisotopic (exact) mass is 460 g/mol. The lowest BCUT2D eigenvalue weighted by Crippen LogP contribution is -2.23. The molecule has 0 spiro atoms. The van der Waals surface area contributed by atoms with E-state index in [-0.39, 0.29) is 24.6 Å². The van der Waals surface area contributed by atoms with Crippen LogP contribution in [-0.4, -0.2) is 32.7 Å². The number of carbonyl (C=O) groups excluding carboxylic acids is 1. The molecule has 1 N–H and O–H groups in total. The predicted molar refractivity (Wildman–Crippen MR) is 118 cm³/mol. The second kappa shape index (κ2) is 9.49. The second-order valence-corrected chi connectivity index (χ2v) is 8.45. The van der Waals surface area contributed by atoms with Gasteiger partial charge in [-0.15, -0.1) is 10.2 Å². The fourth-order valence-corrected chi connectivity index (χ4v) is 4.00. The van der Waals surface area contributed by atoms with Crippen LogP contribution in [0.15, 0.2) is 47.6 Å². The number of anilines is 1. The number of halogens is 1. The van der Waals surface area contributed by atoms with Gasteiger partial charge in [-0.1, -0.05) is 23.4 Å². The van der Waals surface area contributed by atoms with Crippen molar-refractivity contribution in [1.82, 2.24) is 14.8 Å². The third-order valence-corrected chi connectivity index (χ3v) is 5.92. The number of rotatable bonds is 8. The maximum Gasteiger partial charge on any atom is 0.237 e. The van der Waals surface area contributed by atoms with Crippen molar-refractivity contribution in [1.29, 1.82) is 0 Å². The Morgan fingerprint density at radius 1 is 1.23 bits per heavy atom. The Kier molecular flexibility index (Phi) is 6.53. The number of nitrogens with zero attached hydrogens (tertiary/aromatic N) is 3. The number of hydrogen-bond donors (Lipinski definition) is 1. The molecule has 10 heteroatoms. The van der Waals surface area contributed by atoms with Crippen molar-refractivity contribution in [3.05, 3.63) is 53.3 Å². The summed E-state index contributed by atoms with van der Waals surface area (Å²) < 4.78 is 18.4. The Hall–Kier alpha value is -2.91. The maximum atomic E-state index is 12.7. The van der Waals surface area contributed by atoms with Gasteiger partial charge < -0.3 is 24.1 Å². The number of amides is 1. The van der Waals surface area contributed by atoms with Crippen LogP contribution in [0.2, 0.25) is 5.02 Å². The molecule has 0 fully saturated rings. The molecule has 0 radical (unpaired) electrons. The van der Waals surface area contributed by atoms with Gasteiger partial charge in [0.2, 0.25) is 12.7 Å². The third-order valence-electron chi connectivity index (χ3n) is 4.58. The predicted octanol–water partition coefficient (Wildman–Crippen LogP) is 4.38. The van der Waals surface area contributed by atoms with E-state index in [4.69, 9.17) is 25.8 Å². The first-order valence-electron chi connectivity index (χ1n) is 9.71. The molecular formula is C21H21ClN4O4S. The molecular weight excluding hydrogens is 440 g/mol. The van der Waals surface area contributed by atoms with Crippen LogP contribution in [0.1, 0.15) is 19.7 Å². The molecule has 1 atom stereocenters. The molecule has 31 heavy (non-hydrogen) atoms. The van der Waals surface area contributed by atoms with Crippen molar-refractivity contribution < 1.29 is 19.0 Å². The lowest BCUT2D eigenvalue weighted by Gasteiger charge is -2.13. The standard InChI is InChI=1S/C21H21ClN4O4S/c1-3-26-19(11-28-16-7-4-14(22)5-8-16)24-25-21(26)31-13(2)20(27)23-15-6-9-17-18(10-15)30-12-29-17/h4-10,13H,3,11-12H2,1-2H3,(H,23,27)/t13-/m0/s1. The molecule has 1 amide bonds. The molecule has 3 aromatic rings. The topological polar surface area (TPSA) is 87.5 Å². The number of benzene rings is 2. The van der Waals surface area contributed by atoms with Crippen LogP contribution < -0.4 is 19.5 Å². The van der Waals surface area contributed by atoms with Gasteiger partial charge in [-0.25, -0.2) is 0 Å². The molecule has 0 saturated carbocycles. The molecule has 0 aliphatic carbocycles. The van der Waals surface area contributed by atoms with Gasteiger partial charge in [0.05, 0.1) is 5.25 Å². The van der Waals surface area contributed by atoms with E-state index in [2.05, 4.69) is 15.5 Å². The summed E-state index contributed by atoms with van der Waals surface area (Å²) in [6.07, 6.45) is 0. The SMILES string of the molecule is CCn1c(COc2ccc(Cl)cc2)nnc1S[C@@H](C)C(=O)Nc1ccc2c(c1)OCO2. The van der Waals surface area contributed by atoms with Crippen molar-refractivity contribution in [2.24, 2.45) is 0 Å². The molecule has 2 heterocycles. The minimum atomic E-state index is -0.384. The number of nitrogens with one attached hydrogen (secondary N) is 1. The van der Waals surface area contributed by atoms with Gasteiger partial charge in [-0.3, -0.25) is 4.79 Å². The Labute approximate surface area is 188 Å². The second-order valence-electron chi connectivity index (χ2n) is 6.70. The first-order valence-corrected chi connectivity index (χ1v) is 11.0. The van der Waals surface area contributed by atoms with Gasteiger partial charge in [0, 0.05) is 23.3 Å². The zero-order chi connectivity index (χ0) is 21.8. The average molecular weight is 461 g/mol. The van der Waals surface area contributed by atoms with E-state index < -0.39 is 0 Å². The molecule has 0 unspecified atom stereocenters. The number of ether oxygens (including phenoxy) is 3. The molecule has 0 saturated heterocycles. The minimum Gasteiger partial charge on any atom is -0.486 e. The highest BCUT2D eigenvalue weighted by Crippen LogP contribution is 2.34. The summed E-state index contributed by atoms with van der Waals surface area (Å²) in [5.41, 5.74) is 0.649. The lowest BCUT2D eigenvalue weighted by atomic mass is 10.2. The largest absolute Gasteiger partial charge is 0.486 e.